The Labute approximate surface area is 66.1 Å². The first-order chi connectivity index (χ1) is 4.84. The zero-order valence-corrected chi connectivity index (χ0v) is 6.60. The van der Waals surface area contributed by atoms with Crippen LogP contribution in [0.1, 0.15) is 18.5 Å². The number of hydrogen-bond acceptors (Lipinski definition) is 1. The SMILES string of the molecule is C[C@@H](NCl)c1ccccc1. The fourth-order valence-corrected chi connectivity index (χ4v) is 0.931. The normalized spacial score (nSPS) is 13.0. The minimum absolute atomic E-state index is 0.225. The third-order valence-electron chi connectivity index (χ3n) is 1.46. The van der Waals surface area contributed by atoms with Gasteiger partial charge in [-0.3, -0.25) is 0 Å². The van der Waals surface area contributed by atoms with Crippen molar-refractivity contribution in [3.63, 3.8) is 0 Å². The number of nitrogens with one attached hydrogen (secondary N) is 1. The molecule has 0 saturated carbocycles. The van der Waals surface area contributed by atoms with Crippen LogP contribution in [0.15, 0.2) is 30.3 Å². The van der Waals surface area contributed by atoms with Crippen LogP contribution < -0.4 is 4.84 Å². The van der Waals surface area contributed by atoms with E-state index in [4.69, 9.17) is 11.8 Å². The standard InChI is InChI=1S/C8H10ClN/c1-7(10-9)8-5-3-2-4-6-8/h2-7,10H,1H3/t7-/m1/s1. The van der Waals surface area contributed by atoms with Crippen molar-refractivity contribution in [1.82, 2.24) is 4.84 Å². The molecule has 0 aliphatic rings. The highest BCUT2D eigenvalue weighted by Crippen LogP contribution is 2.10. The van der Waals surface area contributed by atoms with Gasteiger partial charge in [-0.2, -0.15) is 0 Å². The van der Waals surface area contributed by atoms with Crippen LogP contribution in [-0.2, 0) is 0 Å². The third-order valence-corrected chi connectivity index (χ3v) is 1.79. The molecule has 0 heterocycles. The molecule has 0 aliphatic heterocycles. The second kappa shape index (κ2) is 3.59. The smallest absolute Gasteiger partial charge is 0.0442 e. The minimum Gasteiger partial charge on any atom is -0.226 e. The monoisotopic (exact) mass is 155 g/mol. The Balaban J connectivity index is 2.75. The van der Waals surface area contributed by atoms with E-state index >= 15 is 0 Å². The summed E-state index contributed by atoms with van der Waals surface area (Å²) in [6, 6.07) is 10.3. The van der Waals surface area contributed by atoms with Gasteiger partial charge >= 0.3 is 0 Å². The van der Waals surface area contributed by atoms with Gasteiger partial charge in [0.25, 0.3) is 0 Å². The number of rotatable bonds is 2. The average molecular weight is 156 g/mol. The lowest BCUT2D eigenvalue weighted by molar-refractivity contribution is 0.745. The molecule has 54 valence electrons. The topological polar surface area (TPSA) is 12.0 Å². The van der Waals surface area contributed by atoms with E-state index in [1.165, 1.54) is 5.56 Å². The van der Waals surface area contributed by atoms with Crippen molar-refractivity contribution in [2.24, 2.45) is 0 Å². The van der Waals surface area contributed by atoms with Crippen LogP contribution in [0, 0.1) is 0 Å². The molecule has 10 heavy (non-hydrogen) atoms. The molecule has 0 radical (unpaired) electrons. The summed E-state index contributed by atoms with van der Waals surface area (Å²) in [6.07, 6.45) is 0. The van der Waals surface area contributed by atoms with Gasteiger partial charge in [0.15, 0.2) is 0 Å². The minimum atomic E-state index is 0.225. The van der Waals surface area contributed by atoms with Crippen LogP contribution in [0.2, 0.25) is 0 Å². The zero-order valence-electron chi connectivity index (χ0n) is 5.84. The fourth-order valence-electron chi connectivity index (χ4n) is 0.805. The van der Waals surface area contributed by atoms with Crippen LogP contribution in [0.3, 0.4) is 0 Å². The maximum Gasteiger partial charge on any atom is 0.0442 e. The van der Waals surface area contributed by atoms with E-state index < -0.39 is 0 Å². The van der Waals surface area contributed by atoms with Crippen molar-refractivity contribution in [2.75, 3.05) is 0 Å². The van der Waals surface area contributed by atoms with Gasteiger partial charge in [0.1, 0.15) is 0 Å². The summed E-state index contributed by atoms with van der Waals surface area (Å²) in [5.41, 5.74) is 1.21. The predicted octanol–water partition coefficient (Wildman–Crippen LogP) is 2.49. The van der Waals surface area contributed by atoms with Crippen molar-refractivity contribution in [2.45, 2.75) is 13.0 Å². The van der Waals surface area contributed by atoms with Gasteiger partial charge in [0.2, 0.25) is 0 Å². The van der Waals surface area contributed by atoms with Crippen molar-refractivity contribution in [3.05, 3.63) is 35.9 Å². The van der Waals surface area contributed by atoms with E-state index in [1.54, 1.807) is 0 Å². The Morgan fingerprint density at radius 2 is 1.90 bits per heavy atom. The number of halogens is 1. The van der Waals surface area contributed by atoms with E-state index in [9.17, 15) is 0 Å². The molecule has 1 nitrogen and oxygen atoms in total. The molecule has 0 bridgehead atoms. The molecule has 0 spiro atoms. The molecule has 1 aromatic rings. The van der Waals surface area contributed by atoms with Crippen LogP contribution in [-0.4, -0.2) is 0 Å². The third kappa shape index (κ3) is 1.72. The highest BCUT2D eigenvalue weighted by atomic mass is 35.5. The highest BCUT2D eigenvalue weighted by molar-refractivity contribution is 6.13. The summed E-state index contributed by atoms with van der Waals surface area (Å²) in [7, 11) is 0. The van der Waals surface area contributed by atoms with E-state index in [2.05, 4.69) is 4.84 Å². The van der Waals surface area contributed by atoms with Crippen molar-refractivity contribution < 1.29 is 0 Å². The van der Waals surface area contributed by atoms with Crippen LogP contribution >= 0.6 is 11.8 Å². The molecule has 1 atom stereocenters. The zero-order chi connectivity index (χ0) is 7.40. The van der Waals surface area contributed by atoms with Gasteiger partial charge in [0.05, 0.1) is 0 Å². The predicted molar refractivity (Wildman–Crippen MR) is 43.8 cm³/mol. The number of hydrogen-bond donors (Lipinski definition) is 1. The molecule has 1 N–H and O–H groups in total. The summed E-state index contributed by atoms with van der Waals surface area (Å²) in [5, 5.41) is 0. The van der Waals surface area contributed by atoms with Gasteiger partial charge < -0.3 is 0 Å². The van der Waals surface area contributed by atoms with Crippen LogP contribution in [0.5, 0.6) is 0 Å². The van der Waals surface area contributed by atoms with Gasteiger partial charge in [0, 0.05) is 6.04 Å². The summed E-state index contributed by atoms with van der Waals surface area (Å²) >= 11 is 5.44. The molecule has 2 heteroatoms. The van der Waals surface area contributed by atoms with E-state index in [1.807, 2.05) is 37.3 Å². The Bertz CT molecular complexity index is 186. The molecular weight excluding hydrogens is 146 g/mol. The maximum atomic E-state index is 5.44. The van der Waals surface area contributed by atoms with Gasteiger partial charge in [-0.05, 0) is 24.3 Å². The number of benzene rings is 1. The van der Waals surface area contributed by atoms with E-state index in [0.717, 1.165) is 0 Å². The molecule has 1 rings (SSSR count). The lowest BCUT2D eigenvalue weighted by Crippen LogP contribution is -2.05. The largest absolute Gasteiger partial charge is 0.226 e. The maximum absolute atomic E-state index is 5.44. The highest BCUT2D eigenvalue weighted by Gasteiger charge is 1.99. The lowest BCUT2D eigenvalue weighted by Gasteiger charge is -2.06. The molecule has 0 aliphatic carbocycles. The van der Waals surface area contributed by atoms with Crippen LogP contribution in [0.4, 0.5) is 0 Å². The molecule has 1 aromatic carbocycles. The lowest BCUT2D eigenvalue weighted by atomic mass is 10.1. The molecule has 0 saturated heterocycles. The molecule has 0 amide bonds. The molecular formula is C8H10ClN. The Morgan fingerprint density at radius 3 is 2.40 bits per heavy atom. The summed E-state index contributed by atoms with van der Waals surface area (Å²) in [6.45, 7) is 2.02. The summed E-state index contributed by atoms with van der Waals surface area (Å²) in [5.74, 6) is 0. The first-order valence-electron chi connectivity index (χ1n) is 3.25. The van der Waals surface area contributed by atoms with Gasteiger partial charge in [-0.15, -0.1) is 0 Å². The summed E-state index contributed by atoms with van der Waals surface area (Å²) in [4.78, 5) is 2.65. The first-order valence-corrected chi connectivity index (χ1v) is 3.63. The average Bonchev–Trinajstić information content (AvgIpc) is 2.05. The molecule has 0 aromatic heterocycles. The van der Waals surface area contributed by atoms with Crippen LogP contribution in [0.25, 0.3) is 0 Å². The van der Waals surface area contributed by atoms with Crippen molar-refractivity contribution in [1.29, 1.82) is 0 Å². The Hall–Kier alpha value is -0.530. The first kappa shape index (κ1) is 7.58. The fraction of sp³-hybridized carbons (Fsp3) is 0.250. The molecule has 0 fully saturated rings. The second-order valence-electron chi connectivity index (χ2n) is 2.24. The Morgan fingerprint density at radius 1 is 1.30 bits per heavy atom. The van der Waals surface area contributed by atoms with Crippen molar-refractivity contribution >= 4 is 11.8 Å². The van der Waals surface area contributed by atoms with Crippen molar-refractivity contribution in [3.8, 4) is 0 Å². The van der Waals surface area contributed by atoms with Gasteiger partial charge in [-0.25, -0.2) is 4.84 Å². The second-order valence-corrected chi connectivity index (χ2v) is 2.46. The Kier molecular flexibility index (Phi) is 2.72. The van der Waals surface area contributed by atoms with E-state index in [0.29, 0.717) is 0 Å². The van der Waals surface area contributed by atoms with E-state index in [-0.39, 0.29) is 6.04 Å². The molecule has 0 unspecified atom stereocenters. The quantitative estimate of drug-likeness (QED) is 0.648. The van der Waals surface area contributed by atoms with Gasteiger partial charge in [-0.1, -0.05) is 30.3 Å². The summed E-state index contributed by atoms with van der Waals surface area (Å²) < 4.78 is 0.